The minimum Gasteiger partial charge on any atom is -0.482 e. The maximum absolute atomic E-state index is 12.7. The van der Waals surface area contributed by atoms with Gasteiger partial charge in [0.15, 0.2) is 5.75 Å². The zero-order valence-electron chi connectivity index (χ0n) is 13.9. The van der Waals surface area contributed by atoms with Crippen molar-refractivity contribution in [2.75, 3.05) is 13.7 Å². The molecule has 1 atom stereocenters. The van der Waals surface area contributed by atoms with Gasteiger partial charge in [0.25, 0.3) is 0 Å². The number of hydrogen-bond donors (Lipinski definition) is 0. The van der Waals surface area contributed by atoms with Crippen molar-refractivity contribution in [3.05, 3.63) is 64.2 Å². The number of carbonyl (C=O) groups is 1. The standard InChI is InChI=1S/C17H14F3NO6/c1-25-16(22)15(27-12-5-3-2-4-6-12)10-26-14-8-7-11(17(18,19)20)9-13(14)21(23)24/h2-9,15H,10H2,1H3. The minimum absolute atomic E-state index is 0.318. The number of carbonyl (C=O) groups excluding carboxylic acids is 1. The molecule has 0 spiro atoms. The monoisotopic (exact) mass is 385 g/mol. The summed E-state index contributed by atoms with van der Waals surface area (Å²) >= 11 is 0. The van der Waals surface area contributed by atoms with Crippen LogP contribution in [-0.2, 0) is 15.7 Å². The van der Waals surface area contributed by atoms with Gasteiger partial charge in [-0.3, -0.25) is 10.1 Å². The maximum Gasteiger partial charge on any atom is 0.416 e. The van der Waals surface area contributed by atoms with Gasteiger partial charge >= 0.3 is 17.8 Å². The van der Waals surface area contributed by atoms with E-state index in [0.29, 0.717) is 17.9 Å². The number of halogens is 3. The third-order valence-corrected chi connectivity index (χ3v) is 3.36. The largest absolute Gasteiger partial charge is 0.482 e. The van der Waals surface area contributed by atoms with E-state index in [1.807, 2.05) is 0 Å². The normalized spacial score (nSPS) is 12.1. The molecule has 0 radical (unpaired) electrons. The van der Waals surface area contributed by atoms with E-state index in [9.17, 15) is 28.1 Å². The lowest BCUT2D eigenvalue weighted by molar-refractivity contribution is -0.386. The molecule has 7 nitrogen and oxygen atoms in total. The van der Waals surface area contributed by atoms with Crippen LogP contribution in [0.15, 0.2) is 48.5 Å². The molecule has 0 aliphatic heterocycles. The topological polar surface area (TPSA) is 87.9 Å². The molecule has 1 unspecified atom stereocenters. The molecule has 10 heteroatoms. The van der Waals surface area contributed by atoms with Crippen molar-refractivity contribution in [1.82, 2.24) is 0 Å². The molecule has 0 amide bonds. The summed E-state index contributed by atoms with van der Waals surface area (Å²) in [7, 11) is 1.12. The molecule has 0 aromatic heterocycles. The Bertz CT molecular complexity index is 810. The predicted octanol–water partition coefficient (Wildman–Crippen LogP) is 3.61. The summed E-state index contributed by atoms with van der Waals surface area (Å²) in [6, 6.07) is 10.00. The fraction of sp³-hybridized carbons (Fsp3) is 0.235. The highest BCUT2D eigenvalue weighted by molar-refractivity contribution is 5.75. The average molecular weight is 385 g/mol. The highest BCUT2D eigenvalue weighted by atomic mass is 19.4. The van der Waals surface area contributed by atoms with Crippen LogP contribution in [0.4, 0.5) is 18.9 Å². The molecule has 0 aliphatic rings. The van der Waals surface area contributed by atoms with Gasteiger partial charge in [0, 0.05) is 6.07 Å². The SMILES string of the molecule is COC(=O)C(COc1ccc(C(F)(F)F)cc1[N+](=O)[O-])Oc1ccccc1. The molecule has 2 aromatic carbocycles. The van der Waals surface area contributed by atoms with E-state index >= 15 is 0 Å². The molecular formula is C17H14F3NO6. The number of esters is 1. The molecule has 0 heterocycles. The first kappa shape index (κ1) is 20.0. The van der Waals surface area contributed by atoms with Crippen LogP contribution in [-0.4, -0.2) is 30.7 Å². The Hall–Kier alpha value is -3.30. The average Bonchev–Trinajstić information content (AvgIpc) is 2.64. The van der Waals surface area contributed by atoms with Gasteiger partial charge in [-0.2, -0.15) is 13.2 Å². The first-order valence-electron chi connectivity index (χ1n) is 7.50. The van der Waals surface area contributed by atoms with Crippen LogP contribution < -0.4 is 9.47 Å². The predicted molar refractivity (Wildman–Crippen MR) is 86.5 cm³/mol. The number of alkyl halides is 3. The maximum atomic E-state index is 12.7. The molecule has 0 saturated heterocycles. The fourth-order valence-corrected chi connectivity index (χ4v) is 2.07. The summed E-state index contributed by atoms with van der Waals surface area (Å²) in [5.41, 5.74) is -2.07. The van der Waals surface area contributed by atoms with E-state index in [0.717, 1.165) is 13.2 Å². The molecule has 144 valence electrons. The smallest absolute Gasteiger partial charge is 0.416 e. The number of nitro groups is 1. The van der Waals surface area contributed by atoms with Gasteiger partial charge < -0.3 is 14.2 Å². The van der Waals surface area contributed by atoms with Gasteiger partial charge in [-0.05, 0) is 24.3 Å². The third kappa shape index (κ3) is 5.33. The number of benzene rings is 2. The van der Waals surface area contributed by atoms with E-state index in [1.165, 1.54) is 0 Å². The molecule has 0 saturated carbocycles. The summed E-state index contributed by atoms with van der Waals surface area (Å²) in [5.74, 6) is -0.926. The third-order valence-electron chi connectivity index (χ3n) is 3.36. The van der Waals surface area contributed by atoms with Crippen molar-refractivity contribution in [3.8, 4) is 11.5 Å². The Morgan fingerprint density at radius 2 is 1.85 bits per heavy atom. The first-order chi connectivity index (χ1) is 12.7. The zero-order valence-corrected chi connectivity index (χ0v) is 13.9. The summed E-state index contributed by atoms with van der Waals surface area (Å²) in [6.45, 7) is -0.506. The van der Waals surface area contributed by atoms with Crippen molar-refractivity contribution < 1.29 is 37.1 Å². The van der Waals surface area contributed by atoms with Gasteiger partial charge in [0.05, 0.1) is 17.6 Å². The van der Waals surface area contributed by atoms with Gasteiger partial charge in [0.2, 0.25) is 6.10 Å². The number of hydrogen-bond acceptors (Lipinski definition) is 6. The van der Waals surface area contributed by atoms with Crippen molar-refractivity contribution in [3.63, 3.8) is 0 Å². The van der Waals surface area contributed by atoms with E-state index in [4.69, 9.17) is 9.47 Å². The molecule has 0 aliphatic carbocycles. The zero-order chi connectivity index (χ0) is 20.0. The molecule has 27 heavy (non-hydrogen) atoms. The lowest BCUT2D eigenvalue weighted by Gasteiger charge is -2.18. The minimum atomic E-state index is -4.74. The van der Waals surface area contributed by atoms with E-state index < -0.39 is 46.8 Å². The summed E-state index contributed by atoms with van der Waals surface area (Å²) in [6.07, 6.45) is -6.02. The summed E-state index contributed by atoms with van der Waals surface area (Å²) in [5, 5.41) is 11.1. The highest BCUT2D eigenvalue weighted by Gasteiger charge is 2.33. The van der Waals surface area contributed by atoms with Crippen molar-refractivity contribution in [1.29, 1.82) is 0 Å². The second kappa shape index (κ2) is 8.39. The molecular weight excluding hydrogens is 371 g/mol. The quantitative estimate of drug-likeness (QED) is 0.411. The number of methoxy groups -OCH3 is 1. The Balaban J connectivity index is 2.20. The van der Waals surface area contributed by atoms with Gasteiger partial charge in [-0.1, -0.05) is 18.2 Å². The van der Waals surface area contributed by atoms with Crippen molar-refractivity contribution in [2.45, 2.75) is 12.3 Å². The van der Waals surface area contributed by atoms with Crippen LogP contribution in [0.25, 0.3) is 0 Å². The molecule has 2 rings (SSSR count). The van der Waals surface area contributed by atoms with Gasteiger partial charge in [-0.15, -0.1) is 0 Å². The summed E-state index contributed by atoms with van der Waals surface area (Å²) in [4.78, 5) is 21.9. The Morgan fingerprint density at radius 1 is 1.19 bits per heavy atom. The van der Waals surface area contributed by atoms with E-state index in [-0.39, 0.29) is 0 Å². The van der Waals surface area contributed by atoms with Gasteiger partial charge in [0.1, 0.15) is 12.4 Å². The Morgan fingerprint density at radius 3 is 2.41 bits per heavy atom. The Kier molecular flexibility index (Phi) is 6.22. The lowest BCUT2D eigenvalue weighted by Crippen LogP contribution is -2.34. The van der Waals surface area contributed by atoms with Crippen LogP contribution in [0.2, 0.25) is 0 Å². The first-order valence-corrected chi connectivity index (χ1v) is 7.50. The number of nitrogens with zero attached hydrogens (tertiary/aromatic N) is 1. The second-order valence-corrected chi connectivity index (χ2v) is 5.19. The van der Waals surface area contributed by atoms with Crippen LogP contribution in [0.3, 0.4) is 0 Å². The lowest BCUT2D eigenvalue weighted by atomic mass is 10.2. The number of ether oxygens (including phenoxy) is 3. The van der Waals surface area contributed by atoms with Crippen molar-refractivity contribution >= 4 is 11.7 Å². The number of para-hydroxylation sites is 1. The van der Waals surface area contributed by atoms with E-state index in [2.05, 4.69) is 4.74 Å². The van der Waals surface area contributed by atoms with Crippen LogP contribution >= 0.6 is 0 Å². The van der Waals surface area contributed by atoms with Crippen molar-refractivity contribution in [2.24, 2.45) is 0 Å². The van der Waals surface area contributed by atoms with Crippen LogP contribution in [0, 0.1) is 10.1 Å². The summed E-state index contributed by atoms with van der Waals surface area (Å²) < 4.78 is 53.4. The molecule has 0 bridgehead atoms. The molecule has 0 fully saturated rings. The fourth-order valence-electron chi connectivity index (χ4n) is 2.07. The number of nitro benzene ring substituents is 1. The second-order valence-electron chi connectivity index (χ2n) is 5.19. The van der Waals surface area contributed by atoms with Crippen LogP contribution in [0.1, 0.15) is 5.56 Å². The number of rotatable bonds is 7. The van der Waals surface area contributed by atoms with Gasteiger partial charge in [-0.25, -0.2) is 4.79 Å². The van der Waals surface area contributed by atoms with E-state index in [1.54, 1.807) is 30.3 Å². The van der Waals surface area contributed by atoms with Crippen LogP contribution in [0.5, 0.6) is 11.5 Å². The molecule has 0 N–H and O–H groups in total. The highest BCUT2D eigenvalue weighted by Crippen LogP contribution is 2.36. The molecule has 2 aromatic rings. The Labute approximate surface area is 151 Å².